The summed E-state index contributed by atoms with van der Waals surface area (Å²) in [7, 11) is 4.52. The van der Waals surface area contributed by atoms with Gasteiger partial charge in [0.05, 0.1) is 0 Å². The van der Waals surface area contributed by atoms with Crippen LogP contribution in [-0.4, -0.2) is 50.1 Å². The fourth-order valence-corrected chi connectivity index (χ4v) is 4.46. The standard InChI is InChI=1S/C14H26N2/c1-15-5-3-12(4-6-15)7-13-8-14(9-13)10-16(2)11-14/h12-13H,3-11H2,1-2H3. The zero-order chi connectivity index (χ0) is 11.2. The number of nitrogens with zero attached hydrogens (tertiary/aromatic N) is 2. The molecule has 0 unspecified atom stereocenters. The van der Waals surface area contributed by atoms with Crippen molar-refractivity contribution in [2.24, 2.45) is 17.3 Å². The van der Waals surface area contributed by atoms with Crippen LogP contribution < -0.4 is 0 Å². The molecule has 0 bridgehead atoms. The summed E-state index contributed by atoms with van der Waals surface area (Å²) in [6.45, 7) is 5.45. The minimum absolute atomic E-state index is 0.797. The van der Waals surface area contributed by atoms with Gasteiger partial charge in [0.1, 0.15) is 0 Å². The van der Waals surface area contributed by atoms with Crippen molar-refractivity contribution in [1.82, 2.24) is 9.80 Å². The van der Waals surface area contributed by atoms with E-state index in [4.69, 9.17) is 0 Å². The molecule has 3 aliphatic rings. The van der Waals surface area contributed by atoms with Crippen molar-refractivity contribution in [1.29, 1.82) is 0 Å². The van der Waals surface area contributed by atoms with Gasteiger partial charge in [-0.2, -0.15) is 0 Å². The van der Waals surface area contributed by atoms with Crippen LogP contribution in [0.4, 0.5) is 0 Å². The zero-order valence-electron chi connectivity index (χ0n) is 10.9. The fraction of sp³-hybridized carbons (Fsp3) is 1.00. The molecule has 16 heavy (non-hydrogen) atoms. The minimum atomic E-state index is 0.797. The summed E-state index contributed by atoms with van der Waals surface area (Å²) in [6, 6.07) is 0. The van der Waals surface area contributed by atoms with Gasteiger partial charge in [-0.3, -0.25) is 0 Å². The van der Waals surface area contributed by atoms with Crippen molar-refractivity contribution in [2.45, 2.75) is 32.1 Å². The van der Waals surface area contributed by atoms with Gasteiger partial charge in [0, 0.05) is 13.1 Å². The molecule has 0 radical (unpaired) electrons. The third kappa shape index (κ3) is 2.02. The Balaban J connectivity index is 1.38. The average molecular weight is 222 g/mol. The number of hydrogen-bond acceptors (Lipinski definition) is 2. The van der Waals surface area contributed by atoms with Crippen molar-refractivity contribution in [2.75, 3.05) is 40.3 Å². The van der Waals surface area contributed by atoms with E-state index in [1.54, 1.807) is 19.3 Å². The summed E-state index contributed by atoms with van der Waals surface area (Å²) in [5, 5.41) is 0. The molecule has 1 aliphatic carbocycles. The monoisotopic (exact) mass is 222 g/mol. The molecule has 0 aromatic rings. The van der Waals surface area contributed by atoms with Crippen LogP contribution >= 0.6 is 0 Å². The predicted octanol–water partition coefficient (Wildman–Crippen LogP) is 2.06. The van der Waals surface area contributed by atoms with E-state index >= 15 is 0 Å². The Kier molecular flexibility index (Phi) is 2.75. The lowest BCUT2D eigenvalue weighted by atomic mass is 9.56. The molecule has 2 saturated heterocycles. The molecular weight excluding hydrogens is 196 g/mol. The first-order chi connectivity index (χ1) is 7.65. The molecule has 0 aromatic heterocycles. The number of rotatable bonds is 2. The van der Waals surface area contributed by atoms with E-state index in [2.05, 4.69) is 23.9 Å². The van der Waals surface area contributed by atoms with Crippen LogP contribution in [0.5, 0.6) is 0 Å². The number of piperidine rings is 1. The van der Waals surface area contributed by atoms with Gasteiger partial charge in [-0.05, 0) is 76.5 Å². The first-order valence-electron chi connectivity index (χ1n) is 7.02. The van der Waals surface area contributed by atoms with Crippen LogP contribution in [0.25, 0.3) is 0 Å². The van der Waals surface area contributed by atoms with Crippen molar-refractivity contribution in [3.8, 4) is 0 Å². The van der Waals surface area contributed by atoms with E-state index in [0.717, 1.165) is 17.3 Å². The lowest BCUT2D eigenvalue weighted by molar-refractivity contribution is -0.0886. The normalized spacial score (nSPS) is 32.6. The Morgan fingerprint density at radius 2 is 1.56 bits per heavy atom. The summed E-state index contributed by atoms with van der Waals surface area (Å²) >= 11 is 0. The largest absolute Gasteiger partial charge is 0.306 e. The molecule has 0 amide bonds. The van der Waals surface area contributed by atoms with Gasteiger partial charge in [0.15, 0.2) is 0 Å². The predicted molar refractivity (Wildman–Crippen MR) is 67.5 cm³/mol. The average Bonchev–Trinajstić information content (AvgIpc) is 2.16. The Bertz CT molecular complexity index is 241. The van der Waals surface area contributed by atoms with Gasteiger partial charge in [-0.15, -0.1) is 0 Å². The maximum absolute atomic E-state index is 2.49. The van der Waals surface area contributed by atoms with Crippen molar-refractivity contribution >= 4 is 0 Å². The number of hydrogen-bond donors (Lipinski definition) is 0. The van der Waals surface area contributed by atoms with Crippen LogP contribution in [0.15, 0.2) is 0 Å². The lowest BCUT2D eigenvalue weighted by Crippen LogP contribution is -2.60. The first kappa shape index (κ1) is 11.0. The van der Waals surface area contributed by atoms with Crippen molar-refractivity contribution in [3.63, 3.8) is 0 Å². The Morgan fingerprint density at radius 3 is 2.12 bits per heavy atom. The summed E-state index contributed by atoms with van der Waals surface area (Å²) < 4.78 is 0. The molecule has 2 aliphatic heterocycles. The lowest BCUT2D eigenvalue weighted by Gasteiger charge is -2.59. The van der Waals surface area contributed by atoms with E-state index in [0.29, 0.717) is 0 Å². The zero-order valence-corrected chi connectivity index (χ0v) is 10.9. The SMILES string of the molecule is CN1CCC(CC2CC3(C2)CN(C)C3)CC1. The highest BCUT2D eigenvalue weighted by Gasteiger charge is 2.50. The topological polar surface area (TPSA) is 6.48 Å². The van der Waals surface area contributed by atoms with Crippen LogP contribution in [0.3, 0.4) is 0 Å². The second-order valence-electron chi connectivity index (χ2n) is 6.93. The third-order valence-corrected chi connectivity index (χ3v) is 5.16. The Morgan fingerprint density at radius 1 is 0.938 bits per heavy atom. The van der Waals surface area contributed by atoms with Crippen molar-refractivity contribution in [3.05, 3.63) is 0 Å². The summed E-state index contributed by atoms with van der Waals surface area (Å²) in [5.41, 5.74) is 0.797. The van der Waals surface area contributed by atoms with Gasteiger partial charge >= 0.3 is 0 Å². The van der Waals surface area contributed by atoms with E-state index in [9.17, 15) is 0 Å². The molecule has 0 atom stereocenters. The molecule has 2 nitrogen and oxygen atoms in total. The first-order valence-corrected chi connectivity index (χ1v) is 7.02. The third-order valence-electron chi connectivity index (χ3n) is 5.16. The van der Waals surface area contributed by atoms with Gasteiger partial charge < -0.3 is 9.80 Å². The van der Waals surface area contributed by atoms with E-state index < -0.39 is 0 Å². The molecule has 1 spiro atoms. The Hall–Kier alpha value is -0.0800. The maximum atomic E-state index is 2.49. The highest BCUT2D eigenvalue weighted by molar-refractivity contribution is 5.03. The van der Waals surface area contributed by atoms with Crippen LogP contribution in [-0.2, 0) is 0 Å². The number of likely N-dealkylation sites (tertiary alicyclic amines) is 2. The maximum Gasteiger partial charge on any atom is 0.00476 e. The van der Waals surface area contributed by atoms with Gasteiger partial charge in [-0.1, -0.05) is 0 Å². The van der Waals surface area contributed by atoms with Gasteiger partial charge in [0.25, 0.3) is 0 Å². The molecule has 92 valence electrons. The Labute approximate surface area is 100.0 Å². The molecule has 2 heterocycles. The van der Waals surface area contributed by atoms with Crippen LogP contribution in [0, 0.1) is 17.3 Å². The van der Waals surface area contributed by atoms with Crippen LogP contribution in [0.2, 0.25) is 0 Å². The van der Waals surface area contributed by atoms with Gasteiger partial charge in [-0.25, -0.2) is 0 Å². The molecule has 0 aromatic carbocycles. The summed E-state index contributed by atoms with van der Waals surface area (Å²) in [4.78, 5) is 4.96. The molecule has 3 fully saturated rings. The highest BCUT2D eigenvalue weighted by atomic mass is 15.2. The van der Waals surface area contributed by atoms with Crippen molar-refractivity contribution < 1.29 is 0 Å². The minimum Gasteiger partial charge on any atom is -0.306 e. The second-order valence-corrected chi connectivity index (χ2v) is 6.93. The quantitative estimate of drug-likeness (QED) is 0.705. The van der Waals surface area contributed by atoms with E-state index in [1.807, 2.05) is 0 Å². The van der Waals surface area contributed by atoms with E-state index in [-0.39, 0.29) is 0 Å². The smallest absolute Gasteiger partial charge is 0.00476 e. The molecular formula is C14H26N2. The van der Waals surface area contributed by atoms with Gasteiger partial charge in [0.2, 0.25) is 0 Å². The second kappa shape index (κ2) is 3.99. The fourth-order valence-electron chi connectivity index (χ4n) is 4.46. The molecule has 2 heteroatoms. The highest BCUT2D eigenvalue weighted by Crippen LogP contribution is 2.53. The van der Waals surface area contributed by atoms with E-state index in [1.165, 1.54) is 39.0 Å². The molecule has 0 N–H and O–H groups in total. The van der Waals surface area contributed by atoms with Crippen LogP contribution in [0.1, 0.15) is 32.1 Å². The summed E-state index contributed by atoms with van der Waals surface area (Å²) in [5.74, 6) is 2.14. The molecule has 1 saturated carbocycles. The molecule has 3 rings (SSSR count). The summed E-state index contributed by atoms with van der Waals surface area (Å²) in [6.07, 6.45) is 7.55.